The van der Waals surface area contributed by atoms with Gasteiger partial charge in [0.15, 0.2) is 0 Å². The van der Waals surface area contributed by atoms with Crippen LogP contribution in [0.2, 0.25) is 0 Å². The van der Waals surface area contributed by atoms with Gasteiger partial charge in [-0.05, 0) is 78.6 Å². The quantitative estimate of drug-likeness (QED) is 0.0494. The number of oxime groups is 1. The fourth-order valence-corrected chi connectivity index (χ4v) is 10.3. The summed E-state index contributed by atoms with van der Waals surface area (Å²) in [6.07, 6.45) is 7.05. The second-order valence-corrected chi connectivity index (χ2v) is 18.5. The molecule has 67 heavy (non-hydrogen) atoms. The van der Waals surface area contributed by atoms with E-state index in [4.69, 9.17) is 14.6 Å². The van der Waals surface area contributed by atoms with Crippen LogP contribution in [-0.4, -0.2) is 108 Å². The Hall–Kier alpha value is -6.75. The molecule has 0 saturated carbocycles. The molecule has 0 unspecified atom stereocenters. The molecule has 3 N–H and O–H groups in total. The van der Waals surface area contributed by atoms with E-state index in [1.807, 2.05) is 80.1 Å². The van der Waals surface area contributed by atoms with Crippen molar-refractivity contribution in [2.45, 2.75) is 84.3 Å². The van der Waals surface area contributed by atoms with Gasteiger partial charge in [0.2, 0.25) is 11.8 Å². The monoisotopic (exact) mass is 922 g/mol. The van der Waals surface area contributed by atoms with Crippen molar-refractivity contribution < 1.29 is 34.2 Å². The molecular formula is C51H54N8O7S. The molecule has 1 aliphatic carbocycles. The molecule has 0 spiro atoms. The van der Waals surface area contributed by atoms with E-state index in [0.717, 1.165) is 67.2 Å². The molecule has 3 aliphatic rings. The summed E-state index contributed by atoms with van der Waals surface area (Å²) < 4.78 is 14.4. The summed E-state index contributed by atoms with van der Waals surface area (Å²) in [5, 5.41) is 31.7. The van der Waals surface area contributed by atoms with Crippen molar-refractivity contribution in [1.82, 2.24) is 34.9 Å². The number of hydrogen-bond acceptors (Lipinski definition) is 12. The third kappa shape index (κ3) is 9.60. The van der Waals surface area contributed by atoms with Crippen LogP contribution in [-0.2, 0) is 40.4 Å². The molecule has 0 radical (unpaired) electrons. The standard InChI is InChI=1S/C51H54N8O7S/c1-31(2)47(59-27-38-7-4-5-8-41(38)50(59)62)51(63)58-28-39(60)25-44(58)49(61)53-26-37-10-9-36(48-32(3)54-30-67-48)24-45(37)66-22-21-65-20-6-19-57-29-42(46(55-57)33-15-17-52-18-16-33)35-11-13-40-34(23-35)12-14-43(40)56-64/h4-5,7-11,13,15-18,23-24,29-31,39,44,47,60,64H,6,12,14,19-22,25-28H2,1-3H3,(H,53,61)/b56-43+/t39-,44+,47+/m1/s1. The van der Waals surface area contributed by atoms with E-state index >= 15 is 0 Å². The Morgan fingerprint density at radius 3 is 2.54 bits per heavy atom. The van der Waals surface area contributed by atoms with Crippen molar-refractivity contribution in [3.63, 3.8) is 0 Å². The first-order valence-corrected chi connectivity index (χ1v) is 23.7. The Bertz CT molecular complexity index is 2810. The number of carbonyl (C=O) groups excluding carboxylic acids is 3. The summed E-state index contributed by atoms with van der Waals surface area (Å²) >= 11 is 1.54. The van der Waals surface area contributed by atoms with E-state index in [-0.39, 0.29) is 43.8 Å². The van der Waals surface area contributed by atoms with Gasteiger partial charge in [-0.2, -0.15) is 5.10 Å². The fourth-order valence-electron chi connectivity index (χ4n) is 9.46. The number of amides is 3. The third-order valence-corrected chi connectivity index (χ3v) is 13.8. The molecular weight excluding hydrogens is 869 g/mol. The zero-order valence-electron chi connectivity index (χ0n) is 37.8. The molecule has 2 aliphatic heterocycles. The fraction of sp³-hybridized carbons (Fsp3) is 0.353. The van der Waals surface area contributed by atoms with Crippen LogP contribution in [0, 0.1) is 12.8 Å². The number of thiazole rings is 1. The van der Waals surface area contributed by atoms with Gasteiger partial charge in [-0.15, -0.1) is 11.3 Å². The summed E-state index contributed by atoms with van der Waals surface area (Å²) in [6, 6.07) is 21.6. The summed E-state index contributed by atoms with van der Waals surface area (Å²) in [4.78, 5) is 54.4. The predicted molar refractivity (Wildman–Crippen MR) is 254 cm³/mol. The second kappa shape index (κ2) is 20.0. The van der Waals surface area contributed by atoms with Crippen molar-refractivity contribution in [1.29, 1.82) is 0 Å². The Labute approximate surface area is 393 Å². The molecule has 0 bridgehead atoms. The Balaban J connectivity index is 0.823. The number of aliphatic hydroxyl groups excluding tert-OH is 1. The molecule has 16 heteroatoms. The zero-order chi connectivity index (χ0) is 46.6. The molecule has 9 rings (SSSR count). The Kier molecular flexibility index (Phi) is 13.6. The summed E-state index contributed by atoms with van der Waals surface area (Å²) in [5.74, 6) is -0.599. The number of nitrogens with one attached hydrogen (secondary N) is 1. The third-order valence-electron chi connectivity index (χ3n) is 12.8. The predicted octanol–water partition coefficient (Wildman–Crippen LogP) is 6.91. The second-order valence-electron chi connectivity index (χ2n) is 17.6. The van der Waals surface area contributed by atoms with Gasteiger partial charge in [0.1, 0.15) is 30.1 Å². The van der Waals surface area contributed by atoms with Gasteiger partial charge in [-0.3, -0.25) is 24.0 Å². The van der Waals surface area contributed by atoms with E-state index in [1.54, 1.807) is 28.9 Å². The van der Waals surface area contributed by atoms with Gasteiger partial charge < -0.3 is 34.9 Å². The number of pyridine rings is 1. The van der Waals surface area contributed by atoms with E-state index in [2.05, 4.69) is 38.8 Å². The van der Waals surface area contributed by atoms with Gasteiger partial charge in [0.05, 0.1) is 34.5 Å². The molecule has 5 heterocycles. The highest BCUT2D eigenvalue weighted by atomic mass is 32.1. The first-order chi connectivity index (χ1) is 32.6. The average molecular weight is 923 g/mol. The highest BCUT2D eigenvalue weighted by Gasteiger charge is 2.46. The molecule has 3 aromatic carbocycles. The van der Waals surface area contributed by atoms with Crippen LogP contribution >= 0.6 is 11.3 Å². The first kappa shape index (κ1) is 45.4. The lowest BCUT2D eigenvalue weighted by atomic mass is 9.98. The van der Waals surface area contributed by atoms with E-state index in [1.165, 1.54) is 16.2 Å². The molecule has 6 aromatic rings. The highest BCUT2D eigenvalue weighted by molar-refractivity contribution is 7.13. The van der Waals surface area contributed by atoms with Crippen molar-refractivity contribution in [3.05, 3.63) is 130 Å². The number of fused-ring (bicyclic) bond motifs is 2. The van der Waals surface area contributed by atoms with Crippen LogP contribution in [0.5, 0.6) is 5.75 Å². The van der Waals surface area contributed by atoms with E-state index in [0.29, 0.717) is 56.2 Å². The Morgan fingerprint density at radius 1 is 0.940 bits per heavy atom. The number of carbonyl (C=O) groups is 3. The maximum atomic E-state index is 14.3. The average Bonchev–Trinajstić information content (AvgIpc) is 4.19. The topological polar surface area (TPSA) is 185 Å². The number of aromatic nitrogens is 4. The minimum Gasteiger partial charge on any atom is -0.491 e. The summed E-state index contributed by atoms with van der Waals surface area (Å²) in [5.41, 5.74) is 12.6. The van der Waals surface area contributed by atoms with Crippen molar-refractivity contribution in [2.24, 2.45) is 11.1 Å². The minimum absolute atomic E-state index is 0.000937. The van der Waals surface area contributed by atoms with Crippen molar-refractivity contribution in [3.8, 4) is 38.6 Å². The zero-order valence-corrected chi connectivity index (χ0v) is 38.6. The molecule has 346 valence electrons. The van der Waals surface area contributed by atoms with Crippen LogP contribution in [0.3, 0.4) is 0 Å². The van der Waals surface area contributed by atoms with Gasteiger partial charge in [0.25, 0.3) is 5.91 Å². The lowest BCUT2D eigenvalue weighted by Crippen LogP contribution is -2.55. The van der Waals surface area contributed by atoms with Crippen molar-refractivity contribution in [2.75, 3.05) is 26.4 Å². The maximum absolute atomic E-state index is 14.3. The van der Waals surface area contributed by atoms with Crippen LogP contribution in [0.15, 0.2) is 102 Å². The van der Waals surface area contributed by atoms with Gasteiger partial charge in [0, 0.05) is 85.6 Å². The molecule has 1 fully saturated rings. The molecule has 15 nitrogen and oxygen atoms in total. The highest BCUT2D eigenvalue weighted by Crippen LogP contribution is 2.36. The molecule has 3 atom stereocenters. The van der Waals surface area contributed by atoms with E-state index in [9.17, 15) is 24.7 Å². The number of β-amino-alcohol motifs (C(OH)–C–C–N with tert-alkyl or cyclic N) is 1. The minimum atomic E-state index is -0.911. The number of nitrogens with zero attached hydrogens (tertiary/aromatic N) is 7. The number of ether oxygens (including phenoxy) is 2. The van der Waals surface area contributed by atoms with E-state index < -0.39 is 24.1 Å². The van der Waals surface area contributed by atoms with Crippen LogP contribution < -0.4 is 10.1 Å². The number of rotatable bonds is 17. The van der Waals surface area contributed by atoms with Gasteiger partial charge >= 0.3 is 0 Å². The van der Waals surface area contributed by atoms with Crippen molar-refractivity contribution >= 4 is 34.8 Å². The number of likely N-dealkylation sites (tertiary alicyclic amines) is 1. The lowest BCUT2D eigenvalue weighted by Gasteiger charge is -2.35. The SMILES string of the molecule is Cc1ncsc1-c1ccc(CNC(=O)[C@@H]2C[C@@H](O)CN2C(=O)[C@H](C(C)C)N2Cc3ccccc3C2=O)c(OCCOCCCn2cc(-c3ccc4c(c3)CC/C4=N\O)c(-c3ccncc3)n2)c1. The lowest BCUT2D eigenvalue weighted by molar-refractivity contribution is -0.143. The number of hydrogen-bond donors (Lipinski definition) is 3. The number of benzene rings is 3. The smallest absolute Gasteiger partial charge is 0.255 e. The summed E-state index contributed by atoms with van der Waals surface area (Å²) in [6.45, 7) is 7.88. The first-order valence-electron chi connectivity index (χ1n) is 22.8. The van der Waals surface area contributed by atoms with Crippen LogP contribution in [0.4, 0.5) is 0 Å². The largest absolute Gasteiger partial charge is 0.491 e. The molecule has 3 amide bonds. The number of aryl methyl sites for hydroxylation is 3. The molecule has 3 aromatic heterocycles. The molecule has 1 saturated heterocycles. The van der Waals surface area contributed by atoms with Crippen LogP contribution in [0.25, 0.3) is 32.8 Å². The summed E-state index contributed by atoms with van der Waals surface area (Å²) in [7, 11) is 0. The van der Waals surface area contributed by atoms with Gasteiger partial charge in [-0.25, -0.2) is 4.98 Å². The van der Waals surface area contributed by atoms with Gasteiger partial charge in [-0.1, -0.05) is 67.5 Å². The maximum Gasteiger partial charge on any atom is 0.255 e. The number of aliphatic hydroxyl groups is 1. The van der Waals surface area contributed by atoms with Crippen LogP contribution in [0.1, 0.15) is 71.4 Å². The normalized spacial score (nSPS) is 17.6. The Morgan fingerprint density at radius 2 is 1.76 bits per heavy atom.